The number of carbonyl (C=O) groups is 2. The van der Waals surface area contributed by atoms with E-state index in [2.05, 4.69) is 16.9 Å². The van der Waals surface area contributed by atoms with Gasteiger partial charge in [0.1, 0.15) is 11.5 Å². The number of benzene rings is 3. The van der Waals surface area contributed by atoms with Crippen molar-refractivity contribution < 1.29 is 40.7 Å². The summed E-state index contributed by atoms with van der Waals surface area (Å²) in [5, 5.41) is 5.61. The summed E-state index contributed by atoms with van der Waals surface area (Å²) in [5.41, 5.74) is 0.0909. The van der Waals surface area contributed by atoms with Crippen LogP contribution in [-0.2, 0) is 20.7 Å². The second kappa shape index (κ2) is 12.7. The number of piperidine rings is 1. The van der Waals surface area contributed by atoms with Crippen LogP contribution in [0.15, 0.2) is 73.4 Å². The van der Waals surface area contributed by atoms with Gasteiger partial charge in [0.25, 0.3) is 0 Å². The fourth-order valence-corrected chi connectivity index (χ4v) is 6.16. The third kappa shape index (κ3) is 6.57. The molecular weight excluding hydrogens is 612 g/mol. The molecule has 1 saturated heterocycles. The highest BCUT2D eigenvalue weighted by Crippen LogP contribution is 2.47. The number of fused-ring (bicyclic) bond motifs is 2. The maximum absolute atomic E-state index is 14.4. The standard InChI is InChI=1S/C34H31F6N3O3/c1-3-23-17-21-7-4-11-27(28(21)19-41-23)26-12-6-9-24-22(8-5-10-25(24)26)18-29(30(44)46-2)42-31(45)32(34(38,39)40)13-15-43(16-14-32)20-33(35,36)37/h3-12,17,19,29H,1,13-16,18,20H2,2H3,(H,42,45)/t29-/m0/s1. The number of alkyl halides is 6. The molecule has 0 radical (unpaired) electrons. The van der Waals surface area contributed by atoms with Crippen molar-refractivity contribution in [2.75, 3.05) is 26.7 Å². The number of amides is 1. The van der Waals surface area contributed by atoms with E-state index in [0.29, 0.717) is 10.9 Å². The van der Waals surface area contributed by atoms with Crippen molar-refractivity contribution in [2.24, 2.45) is 5.41 Å². The van der Waals surface area contributed by atoms with Gasteiger partial charge in [0.05, 0.1) is 19.3 Å². The Bertz CT molecular complexity index is 1780. The second-order valence-corrected chi connectivity index (χ2v) is 11.4. The summed E-state index contributed by atoms with van der Waals surface area (Å²) < 4.78 is 86.7. The van der Waals surface area contributed by atoms with Gasteiger partial charge in [-0.25, -0.2) is 4.79 Å². The topological polar surface area (TPSA) is 71.5 Å². The van der Waals surface area contributed by atoms with E-state index >= 15 is 0 Å². The van der Waals surface area contributed by atoms with Gasteiger partial charge in [-0.05, 0) is 70.9 Å². The molecule has 1 aliphatic rings. The Morgan fingerprint density at radius 2 is 1.61 bits per heavy atom. The van der Waals surface area contributed by atoms with E-state index in [4.69, 9.17) is 4.74 Å². The van der Waals surface area contributed by atoms with Gasteiger partial charge >= 0.3 is 18.3 Å². The van der Waals surface area contributed by atoms with Crippen LogP contribution in [-0.4, -0.2) is 66.9 Å². The smallest absolute Gasteiger partial charge is 0.403 e. The lowest BCUT2D eigenvalue weighted by Gasteiger charge is -2.42. The molecule has 2 heterocycles. The van der Waals surface area contributed by atoms with Crippen LogP contribution in [0.2, 0.25) is 0 Å². The van der Waals surface area contributed by atoms with Crippen molar-refractivity contribution in [2.45, 2.75) is 37.7 Å². The first-order valence-corrected chi connectivity index (χ1v) is 14.5. The van der Waals surface area contributed by atoms with Gasteiger partial charge in [-0.15, -0.1) is 0 Å². The van der Waals surface area contributed by atoms with Crippen molar-refractivity contribution in [3.8, 4) is 11.1 Å². The Hall–Kier alpha value is -4.45. The van der Waals surface area contributed by atoms with Crippen LogP contribution in [0.25, 0.3) is 38.7 Å². The molecule has 12 heteroatoms. The molecule has 3 aromatic carbocycles. The Kier molecular flexibility index (Phi) is 9.12. The van der Waals surface area contributed by atoms with Gasteiger partial charge in [-0.3, -0.25) is 14.7 Å². The third-order valence-corrected chi connectivity index (χ3v) is 8.60. The van der Waals surface area contributed by atoms with Crippen molar-refractivity contribution >= 4 is 39.5 Å². The summed E-state index contributed by atoms with van der Waals surface area (Å²) in [6, 6.07) is 17.2. The van der Waals surface area contributed by atoms with Crippen LogP contribution in [0.4, 0.5) is 26.3 Å². The summed E-state index contributed by atoms with van der Waals surface area (Å²) >= 11 is 0. The molecule has 0 unspecified atom stereocenters. The summed E-state index contributed by atoms with van der Waals surface area (Å²) in [7, 11) is 1.06. The van der Waals surface area contributed by atoms with Crippen molar-refractivity contribution in [1.82, 2.24) is 15.2 Å². The van der Waals surface area contributed by atoms with E-state index in [1.54, 1.807) is 24.4 Å². The van der Waals surface area contributed by atoms with Gasteiger partial charge < -0.3 is 10.1 Å². The zero-order valence-electron chi connectivity index (χ0n) is 24.8. The Labute approximate surface area is 261 Å². The first-order valence-electron chi connectivity index (χ1n) is 14.5. The van der Waals surface area contributed by atoms with E-state index in [1.165, 1.54) is 0 Å². The molecule has 1 atom stereocenters. The largest absolute Gasteiger partial charge is 0.467 e. The first-order chi connectivity index (χ1) is 21.8. The number of nitrogens with one attached hydrogen (secondary N) is 1. The molecule has 5 rings (SSSR count). The van der Waals surface area contributed by atoms with Gasteiger partial charge in [-0.1, -0.05) is 61.2 Å². The molecule has 0 saturated carbocycles. The van der Waals surface area contributed by atoms with Gasteiger partial charge in [0, 0.05) is 18.0 Å². The average molecular weight is 644 g/mol. The monoisotopic (exact) mass is 643 g/mol. The molecule has 1 aromatic heterocycles. The van der Waals surface area contributed by atoms with Crippen LogP contribution >= 0.6 is 0 Å². The first kappa shape index (κ1) is 32.9. The summed E-state index contributed by atoms with van der Waals surface area (Å²) in [6.07, 6.45) is -8.18. The number of hydrogen-bond donors (Lipinski definition) is 1. The molecule has 46 heavy (non-hydrogen) atoms. The zero-order valence-corrected chi connectivity index (χ0v) is 24.8. The highest BCUT2D eigenvalue weighted by atomic mass is 19.4. The molecule has 242 valence electrons. The summed E-state index contributed by atoms with van der Waals surface area (Å²) in [5.74, 6) is -2.42. The van der Waals surface area contributed by atoms with E-state index in [0.717, 1.165) is 45.0 Å². The van der Waals surface area contributed by atoms with Crippen LogP contribution in [0, 0.1) is 5.41 Å². The molecular formula is C34H31F6N3O3. The molecule has 6 nitrogen and oxygen atoms in total. The third-order valence-electron chi connectivity index (χ3n) is 8.60. The van der Waals surface area contributed by atoms with E-state index < -0.39 is 68.2 Å². The zero-order chi connectivity index (χ0) is 33.3. The molecule has 4 aromatic rings. The number of carbonyl (C=O) groups excluding carboxylic acids is 2. The minimum atomic E-state index is -5.06. The van der Waals surface area contributed by atoms with Crippen LogP contribution in [0.3, 0.4) is 0 Å². The van der Waals surface area contributed by atoms with Gasteiger partial charge in [0.15, 0.2) is 0 Å². The molecule has 1 fully saturated rings. The van der Waals surface area contributed by atoms with Crippen LogP contribution in [0.5, 0.6) is 0 Å². The van der Waals surface area contributed by atoms with E-state index in [9.17, 15) is 35.9 Å². The number of ether oxygens (including phenoxy) is 1. The summed E-state index contributed by atoms with van der Waals surface area (Å²) in [6.45, 7) is 1.23. The highest BCUT2D eigenvalue weighted by Gasteiger charge is 2.61. The minimum Gasteiger partial charge on any atom is -0.467 e. The molecule has 1 amide bonds. The molecule has 0 bridgehead atoms. The van der Waals surface area contributed by atoms with Gasteiger partial charge in [-0.2, -0.15) is 26.3 Å². The lowest BCUT2D eigenvalue weighted by Crippen LogP contribution is -2.59. The van der Waals surface area contributed by atoms with Crippen molar-refractivity contribution in [1.29, 1.82) is 0 Å². The Morgan fingerprint density at radius 3 is 2.24 bits per heavy atom. The maximum Gasteiger partial charge on any atom is 0.403 e. The van der Waals surface area contributed by atoms with Crippen LogP contribution < -0.4 is 5.32 Å². The molecule has 0 spiro atoms. The van der Waals surface area contributed by atoms with Crippen LogP contribution in [0.1, 0.15) is 24.1 Å². The number of esters is 1. The normalized spacial score (nSPS) is 16.2. The summed E-state index contributed by atoms with van der Waals surface area (Å²) in [4.78, 5) is 31.5. The number of halogens is 6. The van der Waals surface area contributed by atoms with E-state index in [-0.39, 0.29) is 6.42 Å². The SMILES string of the molecule is C=Cc1cc2cccc(-c3cccc4c(C[C@H](NC(=O)C5(C(F)(F)F)CCN(CC(F)(F)F)CC5)C(=O)OC)cccc34)c2cn1. The number of pyridine rings is 1. The highest BCUT2D eigenvalue weighted by molar-refractivity contribution is 6.06. The Balaban J connectivity index is 1.46. The predicted molar refractivity (Wildman–Crippen MR) is 163 cm³/mol. The second-order valence-electron chi connectivity index (χ2n) is 11.4. The predicted octanol–water partition coefficient (Wildman–Crippen LogP) is 7.11. The number of likely N-dealkylation sites (tertiary alicyclic amines) is 1. The fourth-order valence-electron chi connectivity index (χ4n) is 6.16. The Morgan fingerprint density at radius 1 is 0.978 bits per heavy atom. The molecule has 0 aliphatic carbocycles. The number of rotatable bonds is 8. The van der Waals surface area contributed by atoms with Crippen molar-refractivity contribution in [3.05, 3.63) is 84.7 Å². The number of methoxy groups -OCH3 is 1. The minimum absolute atomic E-state index is 0.187. The lowest BCUT2D eigenvalue weighted by molar-refractivity contribution is -0.236. The fraction of sp³-hybridized carbons (Fsp3) is 0.324. The molecule has 1 aliphatic heterocycles. The van der Waals surface area contributed by atoms with E-state index in [1.807, 2.05) is 48.5 Å². The number of hydrogen-bond acceptors (Lipinski definition) is 5. The van der Waals surface area contributed by atoms with Crippen molar-refractivity contribution in [3.63, 3.8) is 0 Å². The molecule has 1 N–H and O–H groups in total. The average Bonchev–Trinajstić information content (AvgIpc) is 3.02. The number of nitrogens with zero attached hydrogens (tertiary/aromatic N) is 2. The lowest BCUT2D eigenvalue weighted by atomic mass is 9.76. The quantitative estimate of drug-likeness (QED) is 0.164. The van der Waals surface area contributed by atoms with Gasteiger partial charge in [0.2, 0.25) is 5.91 Å². The maximum atomic E-state index is 14.4. The number of aromatic nitrogens is 1.